The van der Waals surface area contributed by atoms with Gasteiger partial charge in [-0.25, -0.2) is 0 Å². The summed E-state index contributed by atoms with van der Waals surface area (Å²) in [4.78, 5) is 0. The summed E-state index contributed by atoms with van der Waals surface area (Å²) >= 11 is 0. The summed E-state index contributed by atoms with van der Waals surface area (Å²) < 4.78 is 0. The normalized spacial score (nSPS) is 12.0. The molecule has 3 heteroatoms. The molecule has 0 unspecified atom stereocenters. The highest BCUT2D eigenvalue weighted by molar-refractivity contribution is 5.96. The lowest BCUT2D eigenvalue weighted by Gasteiger charge is -2.16. The van der Waals surface area contributed by atoms with Crippen molar-refractivity contribution in [3.63, 3.8) is 0 Å². The van der Waals surface area contributed by atoms with Crippen LogP contribution in [0, 0.1) is 10.8 Å². The second-order valence-electron chi connectivity index (χ2n) is 3.67. The maximum absolute atomic E-state index is 8.44. The Balaban J connectivity index is 3.77. The number of aliphatic hydroxyl groups is 1. The van der Waals surface area contributed by atoms with Crippen molar-refractivity contribution in [1.29, 1.82) is 5.41 Å². The Morgan fingerprint density at radius 3 is 2.50 bits per heavy atom. The molecule has 0 saturated carbocycles. The van der Waals surface area contributed by atoms with Crippen LogP contribution < -0.4 is 5.32 Å². The van der Waals surface area contributed by atoms with E-state index < -0.39 is 0 Å². The van der Waals surface area contributed by atoms with Crippen molar-refractivity contribution >= 4 is 5.71 Å². The minimum Gasteiger partial charge on any atom is -0.395 e. The largest absolute Gasteiger partial charge is 0.395 e. The van der Waals surface area contributed by atoms with Crippen LogP contribution in [0.15, 0.2) is 12.3 Å². The molecule has 0 radical (unpaired) electrons. The highest BCUT2D eigenvalue weighted by atomic mass is 16.3. The SMILES string of the molecule is CC(C)(C)C(=N)/C=C\NCCO. The quantitative estimate of drug-likeness (QED) is 0.438. The van der Waals surface area contributed by atoms with Crippen molar-refractivity contribution in [1.82, 2.24) is 5.32 Å². The number of rotatable bonds is 4. The molecule has 12 heavy (non-hydrogen) atoms. The molecule has 0 spiro atoms. The molecule has 3 nitrogen and oxygen atoms in total. The van der Waals surface area contributed by atoms with E-state index in [4.69, 9.17) is 10.5 Å². The second kappa shape index (κ2) is 4.93. The molecule has 0 heterocycles. The molecule has 0 bridgehead atoms. The van der Waals surface area contributed by atoms with Crippen LogP contribution in [0.3, 0.4) is 0 Å². The third-order valence-corrected chi connectivity index (χ3v) is 1.43. The fourth-order valence-electron chi connectivity index (χ4n) is 0.540. The van der Waals surface area contributed by atoms with Crippen molar-refractivity contribution in [2.75, 3.05) is 13.2 Å². The molecule has 3 N–H and O–H groups in total. The van der Waals surface area contributed by atoms with Crippen LogP contribution in [0.4, 0.5) is 0 Å². The van der Waals surface area contributed by atoms with Gasteiger partial charge in [0.2, 0.25) is 0 Å². The summed E-state index contributed by atoms with van der Waals surface area (Å²) in [6, 6.07) is 0. The molecule has 70 valence electrons. The number of nitrogens with one attached hydrogen (secondary N) is 2. The lowest BCUT2D eigenvalue weighted by Crippen LogP contribution is -2.18. The van der Waals surface area contributed by atoms with E-state index >= 15 is 0 Å². The Hall–Kier alpha value is -0.830. The molecule has 0 rings (SSSR count). The Labute approximate surface area is 74.0 Å². The Morgan fingerprint density at radius 2 is 2.08 bits per heavy atom. The van der Waals surface area contributed by atoms with Gasteiger partial charge in [0.1, 0.15) is 0 Å². The molecule has 0 aliphatic rings. The van der Waals surface area contributed by atoms with Crippen LogP contribution in [0.25, 0.3) is 0 Å². The summed E-state index contributed by atoms with van der Waals surface area (Å²) in [7, 11) is 0. The first-order chi connectivity index (χ1) is 5.48. The molecule has 0 aliphatic heterocycles. The first-order valence-corrected chi connectivity index (χ1v) is 4.08. The van der Waals surface area contributed by atoms with E-state index in [1.165, 1.54) is 0 Å². The lowest BCUT2D eigenvalue weighted by atomic mass is 9.90. The number of hydrogen-bond donors (Lipinski definition) is 3. The standard InChI is InChI=1S/C9H18N2O/c1-9(2,3)8(10)4-5-11-6-7-12/h4-5,10-12H,6-7H2,1-3H3/b5-4-,10-8?. The summed E-state index contributed by atoms with van der Waals surface area (Å²) in [5.41, 5.74) is 0.477. The first kappa shape index (κ1) is 11.2. The van der Waals surface area contributed by atoms with Crippen LogP contribution in [0.1, 0.15) is 20.8 Å². The maximum Gasteiger partial charge on any atom is 0.0603 e. The summed E-state index contributed by atoms with van der Waals surface area (Å²) in [6.07, 6.45) is 3.42. The monoisotopic (exact) mass is 170 g/mol. The summed E-state index contributed by atoms with van der Waals surface area (Å²) in [6.45, 7) is 6.63. The van der Waals surface area contributed by atoms with Crippen molar-refractivity contribution in [2.24, 2.45) is 5.41 Å². The van der Waals surface area contributed by atoms with Gasteiger partial charge in [0.05, 0.1) is 6.61 Å². The molecule has 0 fully saturated rings. The zero-order valence-electron chi connectivity index (χ0n) is 8.02. The van der Waals surface area contributed by atoms with Gasteiger partial charge in [-0.1, -0.05) is 20.8 Å². The fourth-order valence-corrected chi connectivity index (χ4v) is 0.540. The number of aliphatic hydroxyl groups excluding tert-OH is 1. The van der Waals surface area contributed by atoms with Gasteiger partial charge in [0.15, 0.2) is 0 Å². The van der Waals surface area contributed by atoms with Crippen LogP contribution >= 0.6 is 0 Å². The molecule has 0 aliphatic carbocycles. The molecule has 0 atom stereocenters. The van der Waals surface area contributed by atoms with Crippen LogP contribution in [-0.2, 0) is 0 Å². The van der Waals surface area contributed by atoms with Crippen molar-refractivity contribution in [3.05, 3.63) is 12.3 Å². The van der Waals surface area contributed by atoms with E-state index in [0.717, 1.165) is 0 Å². The van der Waals surface area contributed by atoms with Gasteiger partial charge < -0.3 is 15.8 Å². The molecular weight excluding hydrogens is 152 g/mol. The van der Waals surface area contributed by atoms with Crippen LogP contribution in [-0.4, -0.2) is 24.0 Å². The minimum absolute atomic E-state index is 0.0998. The van der Waals surface area contributed by atoms with Gasteiger partial charge in [-0.05, 0) is 12.3 Å². The number of allylic oxidation sites excluding steroid dienone is 1. The van der Waals surface area contributed by atoms with Gasteiger partial charge in [0.25, 0.3) is 0 Å². The summed E-state index contributed by atoms with van der Waals surface area (Å²) in [5, 5.41) is 18.9. The zero-order valence-corrected chi connectivity index (χ0v) is 8.02. The van der Waals surface area contributed by atoms with Crippen LogP contribution in [0.2, 0.25) is 0 Å². The fraction of sp³-hybridized carbons (Fsp3) is 0.667. The highest BCUT2D eigenvalue weighted by Gasteiger charge is 2.13. The summed E-state index contributed by atoms with van der Waals surface area (Å²) in [5.74, 6) is 0. The van der Waals surface area contributed by atoms with E-state index in [1.54, 1.807) is 12.3 Å². The third-order valence-electron chi connectivity index (χ3n) is 1.43. The minimum atomic E-state index is -0.0998. The Bertz CT molecular complexity index is 168. The average molecular weight is 170 g/mol. The topological polar surface area (TPSA) is 56.1 Å². The molecule has 0 aromatic carbocycles. The van der Waals surface area contributed by atoms with Gasteiger partial charge in [-0.2, -0.15) is 0 Å². The second-order valence-corrected chi connectivity index (χ2v) is 3.67. The highest BCUT2D eigenvalue weighted by Crippen LogP contribution is 2.14. The maximum atomic E-state index is 8.44. The van der Waals surface area contributed by atoms with Gasteiger partial charge in [-0.15, -0.1) is 0 Å². The van der Waals surface area contributed by atoms with Crippen molar-refractivity contribution < 1.29 is 5.11 Å². The van der Waals surface area contributed by atoms with E-state index in [2.05, 4.69) is 5.32 Å². The van der Waals surface area contributed by atoms with E-state index in [9.17, 15) is 0 Å². The van der Waals surface area contributed by atoms with Gasteiger partial charge >= 0.3 is 0 Å². The Kier molecular flexibility index (Phi) is 4.59. The predicted molar refractivity (Wildman–Crippen MR) is 51.4 cm³/mol. The van der Waals surface area contributed by atoms with Crippen molar-refractivity contribution in [3.8, 4) is 0 Å². The molecule has 0 amide bonds. The van der Waals surface area contributed by atoms with E-state index in [1.807, 2.05) is 20.8 Å². The Morgan fingerprint density at radius 1 is 1.50 bits per heavy atom. The van der Waals surface area contributed by atoms with Gasteiger partial charge in [0, 0.05) is 17.7 Å². The van der Waals surface area contributed by atoms with E-state index in [-0.39, 0.29) is 12.0 Å². The third kappa shape index (κ3) is 4.91. The molecule has 0 aromatic rings. The first-order valence-electron chi connectivity index (χ1n) is 4.08. The lowest BCUT2D eigenvalue weighted by molar-refractivity contribution is 0.298. The average Bonchev–Trinajstić information content (AvgIpc) is 1.96. The van der Waals surface area contributed by atoms with Crippen molar-refractivity contribution in [2.45, 2.75) is 20.8 Å². The smallest absolute Gasteiger partial charge is 0.0603 e. The zero-order chi connectivity index (χ0) is 9.61. The predicted octanol–water partition coefficient (Wildman–Crippen LogP) is 1.15. The van der Waals surface area contributed by atoms with Crippen LogP contribution in [0.5, 0.6) is 0 Å². The molecule has 0 saturated heterocycles. The molecule has 0 aromatic heterocycles. The van der Waals surface area contributed by atoms with Gasteiger partial charge in [-0.3, -0.25) is 0 Å². The number of hydrogen-bond acceptors (Lipinski definition) is 3. The van der Waals surface area contributed by atoms with E-state index in [0.29, 0.717) is 12.3 Å². The molecular formula is C9H18N2O.